The van der Waals surface area contributed by atoms with Gasteiger partial charge in [-0.1, -0.05) is 29.8 Å². The normalized spacial score (nSPS) is 14.5. The molecule has 1 saturated heterocycles. The third kappa shape index (κ3) is 5.79. The second-order valence-electron chi connectivity index (χ2n) is 6.57. The quantitative estimate of drug-likeness (QED) is 0.699. The van der Waals surface area contributed by atoms with Crippen molar-refractivity contribution in [3.63, 3.8) is 0 Å². The van der Waals surface area contributed by atoms with Crippen LogP contribution in [0.5, 0.6) is 0 Å². The summed E-state index contributed by atoms with van der Waals surface area (Å²) in [4.78, 5) is 27.4. The molecule has 0 saturated carbocycles. The Morgan fingerprint density at radius 1 is 1.04 bits per heavy atom. The van der Waals surface area contributed by atoms with Crippen LogP contribution in [0.15, 0.2) is 48.5 Å². The van der Waals surface area contributed by atoms with E-state index in [2.05, 4.69) is 15.5 Å². The highest BCUT2D eigenvalue weighted by Crippen LogP contribution is 2.17. The van der Waals surface area contributed by atoms with Crippen LogP contribution in [0.1, 0.15) is 27.1 Å². The first-order chi connectivity index (χ1) is 13.6. The molecule has 2 aromatic carbocycles. The molecule has 0 aliphatic carbocycles. The van der Waals surface area contributed by atoms with Gasteiger partial charge in [0.2, 0.25) is 0 Å². The molecule has 1 aliphatic heterocycles. The summed E-state index contributed by atoms with van der Waals surface area (Å²) in [5.74, 6) is -0.515. The Labute approximate surface area is 169 Å². The summed E-state index contributed by atoms with van der Waals surface area (Å²) in [6, 6.07) is 13.7. The Bertz CT molecular complexity index is 822. The molecule has 0 atom stereocenters. The predicted molar refractivity (Wildman–Crippen MR) is 110 cm³/mol. The first-order valence-corrected chi connectivity index (χ1v) is 9.75. The number of carbonyl (C=O) groups excluding carboxylic acids is 2. The molecule has 3 rings (SSSR count). The van der Waals surface area contributed by atoms with Crippen molar-refractivity contribution in [2.24, 2.45) is 0 Å². The number of amides is 2. The maximum absolute atomic E-state index is 12.6. The zero-order valence-electron chi connectivity index (χ0n) is 15.6. The molecule has 2 N–H and O–H groups in total. The van der Waals surface area contributed by atoms with Crippen LogP contribution >= 0.6 is 11.6 Å². The van der Waals surface area contributed by atoms with Gasteiger partial charge in [0.25, 0.3) is 11.8 Å². The van der Waals surface area contributed by atoms with Crippen LogP contribution < -0.4 is 10.6 Å². The second-order valence-corrected chi connectivity index (χ2v) is 7.01. The number of carbonyl (C=O) groups is 2. The summed E-state index contributed by atoms with van der Waals surface area (Å²) >= 11 is 5.95. The van der Waals surface area contributed by atoms with Gasteiger partial charge in [-0.2, -0.15) is 0 Å². The molecular formula is C21H24ClN3O3. The number of morpholine rings is 1. The molecule has 1 heterocycles. The Hall–Kier alpha value is -2.41. The molecule has 0 bridgehead atoms. The molecule has 1 fully saturated rings. The fraction of sp³-hybridized carbons (Fsp3) is 0.333. The van der Waals surface area contributed by atoms with E-state index >= 15 is 0 Å². The lowest BCUT2D eigenvalue weighted by atomic mass is 10.1. The molecule has 0 spiro atoms. The van der Waals surface area contributed by atoms with Gasteiger partial charge in [0, 0.05) is 30.2 Å². The van der Waals surface area contributed by atoms with Crippen molar-refractivity contribution in [3.8, 4) is 0 Å². The molecule has 0 unspecified atom stereocenters. The number of ether oxygens (including phenoxy) is 1. The monoisotopic (exact) mass is 401 g/mol. The van der Waals surface area contributed by atoms with Gasteiger partial charge < -0.3 is 15.4 Å². The van der Waals surface area contributed by atoms with Crippen LogP contribution in [0, 0.1) is 0 Å². The number of rotatable bonds is 7. The maximum atomic E-state index is 12.6. The van der Waals surface area contributed by atoms with Gasteiger partial charge in [0.1, 0.15) is 0 Å². The summed E-state index contributed by atoms with van der Waals surface area (Å²) in [6.07, 6.45) is 0.864. The average Bonchev–Trinajstić information content (AvgIpc) is 2.72. The fourth-order valence-electron chi connectivity index (χ4n) is 3.04. The molecule has 7 heteroatoms. The van der Waals surface area contributed by atoms with Crippen molar-refractivity contribution in [3.05, 3.63) is 64.7 Å². The SMILES string of the molecule is O=C(Nc1ccccc1C(=O)NCCCN1CCOCC1)c1cccc(Cl)c1. The first-order valence-electron chi connectivity index (χ1n) is 9.38. The van der Waals surface area contributed by atoms with Crippen LogP contribution in [0.2, 0.25) is 5.02 Å². The molecule has 148 valence electrons. The molecule has 1 aliphatic rings. The van der Waals surface area contributed by atoms with Crippen LogP contribution in [0.4, 0.5) is 5.69 Å². The number of hydrogen-bond donors (Lipinski definition) is 2. The van der Waals surface area contributed by atoms with Gasteiger partial charge in [0.15, 0.2) is 0 Å². The van der Waals surface area contributed by atoms with E-state index < -0.39 is 0 Å². The van der Waals surface area contributed by atoms with E-state index in [9.17, 15) is 9.59 Å². The predicted octanol–water partition coefficient (Wildman–Crippen LogP) is 3.04. The highest BCUT2D eigenvalue weighted by Gasteiger charge is 2.14. The highest BCUT2D eigenvalue weighted by molar-refractivity contribution is 6.31. The number of anilines is 1. The van der Waals surface area contributed by atoms with E-state index in [0.717, 1.165) is 39.3 Å². The van der Waals surface area contributed by atoms with Crippen molar-refractivity contribution >= 4 is 29.1 Å². The molecule has 6 nitrogen and oxygen atoms in total. The van der Waals surface area contributed by atoms with Crippen LogP contribution in [-0.4, -0.2) is 56.1 Å². The zero-order chi connectivity index (χ0) is 19.8. The van der Waals surface area contributed by atoms with Gasteiger partial charge in [-0.3, -0.25) is 14.5 Å². The standard InChI is InChI=1S/C21H24ClN3O3/c22-17-6-3-5-16(15-17)20(26)24-19-8-2-1-7-18(19)21(27)23-9-4-10-25-11-13-28-14-12-25/h1-3,5-8,15H,4,9-14H2,(H,23,27)(H,24,26). The van der Waals surface area contributed by atoms with Gasteiger partial charge in [-0.05, 0) is 43.3 Å². The minimum absolute atomic E-state index is 0.205. The Balaban J connectivity index is 1.55. The summed E-state index contributed by atoms with van der Waals surface area (Å²) < 4.78 is 5.33. The number of hydrogen-bond acceptors (Lipinski definition) is 4. The fourth-order valence-corrected chi connectivity index (χ4v) is 3.23. The number of nitrogens with one attached hydrogen (secondary N) is 2. The third-order valence-electron chi connectivity index (χ3n) is 4.55. The molecule has 28 heavy (non-hydrogen) atoms. The smallest absolute Gasteiger partial charge is 0.255 e. The average molecular weight is 402 g/mol. The summed E-state index contributed by atoms with van der Waals surface area (Å²) in [5.41, 5.74) is 1.34. The van der Waals surface area contributed by atoms with Gasteiger partial charge >= 0.3 is 0 Å². The van der Waals surface area contributed by atoms with Crippen molar-refractivity contribution in [1.29, 1.82) is 0 Å². The molecule has 0 aromatic heterocycles. The van der Waals surface area contributed by atoms with Crippen molar-refractivity contribution in [1.82, 2.24) is 10.2 Å². The van der Waals surface area contributed by atoms with Gasteiger partial charge in [0.05, 0.1) is 24.5 Å². The second kappa shape index (κ2) is 10.2. The topological polar surface area (TPSA) is 70.7 Å². The molecule has 2 amide bonds. The minimum atomic E-state index is -0.310. The van der Waals surface area contributed by atoms with Crippen LogP contribution in [0.3, 0.4) is 0 Å². The van der Waals surface area contributed by atoms with E-state index in [4.69, 9.17) is 16.3 Å². The van der Waals surface area contributed by atoms with Crippen molar-refractivity contribution < 1.29 is 14.3 Å². The summed E-state index contributed by atoms with van der Waals surface area (Å²) in [5, 5.41) is 6.21. The Kier molecular flexibility index (Phi) is 7.42. The Morgan fingerprint density at radius 2 is 1.82 bits per heavy atom. The zero-order valence-corrected chi connectivity index (χ0v) is 16.4. The minimum Gasteiger partial charge on any atom is -0.379 e. The lowest BCUT2D eigenvalue weighted by Gasteiger charge is -2.26. The number of halogens is 1. The number of benzene rings is 2. The van der Waals surface area contributed by atoms with Crippen LogP contribution in [0.25, 0.3) is 0 Å². The van der Waals surface area contributed by atoms with E-state index in [1.807, 2.05) is 0 Å². The molecule has 2 aromatic rings. The van der Waals surface area contributed by atoms with E-state index in [1.54, 1.807) is 48.5 Å². The van der Waals surface area contributed by atoms with Crippen molar-refractivity contribution in [2.45, 2.75) is 6.42 Å². The van der Waals surface area contributed by atoms with E-state index in [0.29, 0.717) is 28.4 Å². The van der Waals surface area contributed by atoms with Crippen LogP contribution in [-0.2, 0) is 4.74 Å². The number of nitrogens with zero attached hydrogens (tertiary/aromatic N) is 1. The van der Waals surface area contributed by atoms with Crippen molar-refractivity contribution in [2.75, 3.05) is 44.7 Å². The van der Waals surface area contributed by atoms with Gasteiger partial charge in [-0.25, -0.2) is 0 Å². The largest absolute Gasteiger partial charge is 0.379 e. The Morgan fingerprint density at radius 3 is 2.61 bits per heavy atom. The highest BCUT2D eigenvalue weighted by atomic mass is 35.5. The van der Waals surface area contributed by atoms with Gasteiger partial charge in [-0.15, -0.1) is 0 Å². The number of para-hydroxylation sites is 1. The summed E-state index contributed by atoms with van der Waals surface area (Å²) in [7, 11) is 0. The lowest BCUT2D eigenvalue weighted by Crippen LogP contribution is -2.38. The lowest BCUT2D eigenvalue weighted by molar-refractivity contribution is 0.0374. The van der Waals surface area contributed by atoms with E-state index in [1.165, 1.54) is 0 Å². The maximum Gasteiger partial charge on any atom is 0.255 e. The molecular weight excluding hydrogens is 378 g/mol. The molecule has 0 radical (unpaired) electrons. The van der Waals surface area contributed by atoms with E-state index in [-0.39, 0.29) is 11.8 Å². The third-order valence-corrected chi connectivity index (χ3v) is 4.78. The first kappa shape index (κ1) is 20.3. The summed E-state index contributed by atoms with van der Waals surface area (Å²) in [6.45, 7) is 4.92.